The van der Waals surface area contributed by atoms with Crippen LogP contribution in [0, 0.1) is 0 Å². The van der Waals surface area contributed by atoms with Gasteiger partial charge in [0.05, 0.1) is 24.6 Å². The van der Waals surface area contributed by atoms with Gasteiger partial charge in [-0.1, -0.05) is 25.7 Å². The highest BCUT2D eigenvalue weighted by atomic mass is 31.2. The summed E-state index contributed by atoms with van der Waals surface area (Å²) in [5.41, 5.74) is 0. The Morgan fingerprint density at radius 1 is 0.739 bits per heavy atom. The van der Waals surface area contributed by atoms with Crippen LogP contribution in [0.3, 0.4) is 0 Å². The molecule has 0 aliphatic rings. The number of carboxylic acid groups (broad SMARTS) is 2. The first kappa shape index (κ1) is 24.6. The van der Waals surface area contributed by atoms with E-state index in [4.69, 9.17) is 5.11 Å². The van der Waals surface area contributed by atoms with Crippen LogP contribution in [0.4, 0.5) is 0 Å². The summed E-state index contributed by atoms with van der Waals surface area (Å²) in [5, 5.41) is 18.4. The third kappa shape index (κ3) is 16.0. The second kappa shape index (κ2) is 16.2. The fourth-order valence-corrected chi connectivity index (χ4v) is 5.28. The van der Waals surface area contributed by atoms with E-state index in [1.807, 2.05) is 0 Å². The molecular weight excluding hydrogens is 311 g/mol. The number of carboxylic acids is 2. The zero-order chi connectivity index (χ0) is 18.1. The molecule has 0 fully saturated rings. The van der Waals surface area contributed by atoms with Crippen molar-refractivity contribution in [1.29, 1.82) is 0 Å². The molecule has 0 aliphatic heterocycles. The molecule has 0 rings (SSSR count). The van der Waals surface area contributed by atoms with Gasteiger partial charge in [-0.05, 0) is 47.0 Å². The lowest BCUT2D eigenvalue weighted by molar-refractivity contribution is -0.305. The molecule has 0 amide bonds. The summed E-state index contributed by atoms with van der Waals surface area (Å²) in [6.45, 7) is 9.41. The number of rotatable bonds is 13. The fraction of sp³-hybridized carbons (Fsp3) is 0.889. The second-order valence-electron chi connectivity index (χ2n) is 5.99. The summed E-state index contributed by atoms with van der Waals surface area (Å²) in [7, 11) is -0.420. The van der Waals surface area contributed by atoms with E-state index in [0.717, 1.165) is 32.1 Å². The van der Waals surface area contributed by atoms with Crippen LogP contribution in [-0.2, 0) is 9.59 Å². The smallest absolute Gasteiger partial charge is 0.303 e. The molecule has 0 aliphatic carbocycles. The molecule has 0 atom stereocenters. The molecule has 0 bridgehead atoms. The van der Waals surface area contributed by atoms with Crippen LogP contribution < -0.4 is 5.11 Å². The molecule has 0 saturated carbocycles. The molecule has 23 heavy (non-hydrogen) atoms. The number of hydrogen-bond acceptors (Lipinski definition) is 3. The summed E-state index contributed by atoms with van der Waals surface area (Å²) in [6.07, 6.45) is 11.3. The predicted molar refractivity (Wildman–Crippen MR) is 98.7 cm³/mol. The monoisotopic (exact) mass is 348 g/mol. The predicted octanol–water partition coefficient (Wildman–Crippen LogP) is 4.03. The first-order valence-electron chi connectivity index (χ1n) is 9.14. The van der Waals surface area contributed by atoms with E-state index in [0.29, 0.717) is 6.42 Å². The summed E-state index contributed by atoms with van der Waals surface area (Å²) < 4.78 is 0. The summed E-state index contributed by atoms with van der Waals surface area (Å²) in [5.74, 6) is -1.74. The Bertz CT molecular complexity index is 264. The molecule has 4 nitrogen and oxygen atoms in total. The van der Waals surface area contributed by atoms with E-state index < -0.39 is 19.2 Å². The lowest BCUT2D eigenvalue weighted by Gasteiger charge is -2.20. The van der Waals surface area contributed by atoms with Crippen molar-refractivity contribution < 1.29 is 19.8 Å². The van der Waals surface area contributed by atoms with Gasteiger partial charge in [0.25, 0.3) is 0 Å². The quantitative estimate of drug-likeness (QED) is 0.403. The molecular formula is C18H37O4P. The van der Waals surface area contributed by atoms with Gasteiger partial charge in [0.2, 0.25) is 0 Å². The first-order chi connectivity index (χ1) is 10.9. The maximum Gasteiger partial charge on any atom is 0.303 e. The summed E-state index contributed by atoms with van der Waals surface area (Å²) in [6, 6.07) is 0. The Morgan fingerprint density at radius 3 is 1.35 bits per heavy atom. The lowest BCUT2D eigenvalue weighted by atomic mass is 10.1. The van der Waals surface area contributed by atoms with E-state index in [9.17, 15) is 14.7 Å². The average molecular weight is 348 g/mol. The van der Waals surface area contributed by atoms with Crippen molar-refractivity contribution in [2.75, 3.05) is 24.6 Å². The highest BCUT2D eigenvalue weighted by molar-refractivity contribution is 7.75. The van der Waals surface area contributed by atoms with Crippen LogP contribution in [0.5, 0.6) is 0 Å². The molecule has 0 aromatic heterocycles. The van der Waals surface area contributed by atoms with Crippen molar-refractivity contribution in [3.8, 4) is 0 Å². The van der Waals surface area contributed by atoms with Gasteiger partial charge in [-0.15, -0.1) is 0 Å². The van der Waals surface area contributed by atoms with Crippen LogP contribution in [0.25, 0.3) is 0 Å². The van der Waals surface area contributed by atoms with Crippen molar-refractivity contribution in [1.82, 2.24) is 0 Å². The Labute approximate surface area is 143 Å². The SMILES string of the molecule is CC[P+](CC)(CC)CC.O=C([O-])CCCCCCCCC(=O)O. The van der Waals surface area contributed by atoms with Crippen LogP contribution in [0.2, 0.25) is 0 Å². The van der Waals surface area contributed by atoms with Crippen molar-refractivity contribution in [2.24, 2.45) is 0 Å². The minimum atomic E-state index is -0.990. The van der Waals surface area contributed by atoms with Gasteiger partial charge in [0.15, 0.2) is 0 Å². The molecule has 138 valence electrons. The van der Waals surface area contributed by atoms with Crippen molar-refractivity contribution in [3.05, 3.63) is 0 Å². The third-order valence-corrected chi connectivity index (χ3v) is 10.1. The van der Waals surface area contributed by atoms with Gasteiger partial charge in [-0.25, -0.2) is 0 Å². The minimum Gasteiger partial charge on any atom is -0.550 e. The lowest BCUT2D eigenvalue weighted by Crippen LogP contribution is -2.21. The third-order valence-electron chi connectivity index (χ3n) is 4.70. The standard InChI is InChI=1S/C10H18O4.C8H20P/c11-9(12)7-5-3-1-2-4-6-8-10(13)14;1-5-9(6-2,7-3)8-4/h1-8H2,(H,11,12)(H,13,14);5-8H2,1-4H3/q;+1/p-1. The van der Waals surface area contributed by atoms with Crippen LogP contribution in [0.15, 0.2) is 0 Å². The van der Waals surface area contributed by atoms with E-state index >= 15 is 0 Å². The fourth-order valence-electron chi connectivity index (χ4n) is 2.59. The number of carbonyl (C=O) groups is 2. The maximum absolute atomic E-state index is 10.1. The van der Waals surface area contributed by atoms with Gasteiger partial charge < -0.3 is 15.0 Å². The largest absolute Gasteiger partial charge is 0.550 e. The van der Waals surface area contributed by atoms with Gasteiger partial charge >= 0.3 is 5.97 Å². The molecule has 0 aromatic carbocycles. The molecule has 0 saturated heterocycles. The summed E-state index contributed by atoms with van der Waals surface area (Å²) in [4.78, 5) is 20.2. The normalized spacial score (nSPS) is 10.8. The molecule has 5 heteroatoms. The zero-order valence-corrected chi connectivity index (χ0v) is 16.5. The molecule has 0 unspecified atom stereocenters. The Morgan fingerprint density at radius 2 is 1.09 bits per heavy atom. The van der Waals surface area contributed by atoms with Crippen LogP contribution >= 0.6 is 7.26 Å². The molecule has 0 heterocycles. The van der Waals surface area contributed by atoms with E-state index in [-0.39, 0.29) is 12.8 Å². The van der Waals surface area contributed by atoms with Crippen molar-refractivity contribution in [2.45, 2.75) is 79.1 Å². The summed E-state index contributed by atoms with van der Waals surface area (Å²) >= 11 is 0. The maximum atomic E-state index is 10.1. The van der Waals surface area contributed by atoms with E-state index in [1.54, 1.807) is 0 Å². The highest BCUT2D eigenvalue weighted by Gasteiger charge is 2.27. The van der Waals surface area contributed by atoms with Gasteiger partial charge in [-0.3, -0.25) is 4.79 Å². The van der Waals surface area contributed by atoms with Crippen molar-refractivity contribution in [3.63, 3.8) is 0 Å². The molecule has 0 aromatic rings. The Kier molecular flexibility index (Phi) is 17.4. The Balaban J connectivity index is 0. The van der Waals surface area contributed by atoms with Gasteiger partial charge in [0.1, 0.15) is 0 Å². The van der Waals surface area contributed by atoms with E-state index in [1.165, 1.54) is 24.6 Å². The molecule has 0 spiro atoms. The Hall–Kier alpha value is -0.630. The number of aliphatic carboxylic acids is 2. The minimum absolute atomic E-state index is 0.134. The van der Waals surface area contributed by atoms with Crippen molar-refractivity contribution >= 4 is 19.2 Å². The molecule has 1 N–H and O–H groups in total. The van der Waals surface area contributed by atoms with Gasteiger partial charge in [-0.2, -0.15) is 0 Å². The zero-order valence-electron chi connectivity index (χ0n) is 15.6. The number of unbranched alkanes of at least 4 members (excludes halogenated alkanes) is 5. The van der Waals surface area contributed by atoms with Gasteiger partial charge in [0, 0.05) is 19.7 Å². The first-order valence-corrected chi connectivity index (χ1v) is 11.7. The molecule has 0 radical (unpaired) electrons. The topological polar surface area (TPSA) is 77.4 Å². The number of hydrogen-bond donors (Lipinski definition) is 1. The second-order valence-corrected chi connectivity index (χ2v) is 11.2. The van der Waals surface area contributed by atoms with Crippen LogP contribution in [-0.4, -0.2) is 41.7 Å². The van der Waals surface area contributed by atoms with Crippen LogP contribution in [0.1, 0.15) is 79.1 Å². The highest BCUT2D eigenvalue weighted by Crippen LogP contribution is 2.57. The number of carbonyl (C=O) groups excluding carboxylic acids is 1. The average Bonchev–Trinajstić information content (AvgIpc) is 2.53. The van der Waals surface area contributed by atoms with E-state index in [2.05, 4.69) is 27.7 Å².